The Morgan fingerprint density at radius 3 is 2.57 bits per heavy atom. The molecule has 0 bridgehead atoms. The van der Waals surface area contributed by atoms with Gasteiger partial charge in [-0.25, -0.2) is 8.42 Å². The van der Waals surface area contributed by atoms with Crippen LogP contribution in [0.4, 0.5) is 5.69 Å². The molecule has 2 rings (SSSR count). The lowest BCUT2D eigenvalue weighted by atomic mass is 9.94. The zero-order chi connectivity index (χ0) is 15.5. The van der Waals surface area contributed by atoms with Gasteiger partial charge in [0.1, 0.15) is 5.75 Å². The smallest absolute Gasteiger partial charge is 0.243 e. The lowest BCUT2D eigenvalue weighted by Gasteiger charge is -2.31. The van der Waals surface area contributed by atoms with Crippen LogP contribution in [0, 0.1) is 5.92 Å². The molecular formula is C15H24N2O3S. The third kappa shape index (κ3) is 3.49. The first-order valence-corrected chi connectivity index (χ1v) is 8.86. The molecule has 0 radical (unpaired) electrons. The second-order valence-electron chi connectivity index (χ2n) is 5.54. The van der Waals surface area contributed by atoms with E-state index < -0.39 is 10.0 Å². The molecule has 2 N–H and O–H groups in total. The van der Waals surface area contributed by atoms with E-state index in [9.17, 15) is 8.42 Å². The number of rotatable bonds is 5. The maximum absolute atomic E-state index is 12.7. The highest BCUT2D eigenvalue weighted by Gasteiger charge is 2.29. The minimum Gasteiger partial charge on any atom is -0.495 e. The van der Waals surface area contributed by atoms with Crippen molar-refractivity contribution in [3.8, 4) is 5.75 Å². The largest absolute Gasteiger partial charge is 0.495 e. The maximum atomic E-state index is 12.7. The van der Waals surface area contributed by atoms with Crippen molar-refractivity contribution in [3.05, 3.63) is 18.2 Å². The summed E-state index contributed by atoms with van der Waals surface area (Å²) >= 11 is 0. The summed E-state index contributed by atoms with van der Waals surface area (Å²) in [5.74, 6) is 1.05. The summed E-state index contributed by atoms with van der Waals surface area (Å²) in [5, 5.41) is 0. The molecule has 0 amide bonds. The molecule has 6 heteroatoms. The minimum atomic E-state index is -3.45. The fourth-order valence-electron chi connectivity index (χ4n) is 2.85. The second kappa shape index (κ2) is 6.66. The molecule has 0 unspecified atom stereocenters. The first kappa shape index (κ1) is 16.1. The van der Waals surface area contributed by atoms with Gasteiger partial charge in [-0.05, 0) is 30.9 Å². The molecule has 1 fully saturated rings. The van der Waals surface area contributed by atoms with Crippen molar-refractivity contribution in [2.45, 2.75) is 37.5 Å². The van der Waals surface area contributed by atoms with E-state index in [-0.39, 0.29) is 4.90 Å². The Kier molecular flexibility index (Phi) is 5.11. The Bertz CT molecular complexity index is 579. The third-order valence-corrected chi connectivity index (χ3v) is 6.01. The third-order valence-electron chi connectivity index (χ3n) is 4.11. The summed E-state index contributed by atoms with van der Waals surface area (Å²) < 4.78 is 32.0. The van der Waals surface area contributed by atoms with Gasteiger partial charge in [-0.3, -0.25) is 0 Å². The number of piperidine rings is 1. The monoisotopic (exact) mass is 312 g/mol. The van der Waals surface area contributed by atoms with E-state index in [1.165, 1.54) is 19.6 Å². The molecule has 0 aromatic heterocycles. The molecular weight excluding hydrogens is 288 g/mol. The van der Waals surface area contributed by atoms with Gasteiger partial charge in [-0.1, -0.05) is 19.8 Å². The highest BCUT2D eigenvalue weighted by molar-refractivity contribution is 7.89. The molecule has 0 aliphatic carbocycles. The first-order chi connectivity index (χ1) is 9.98. The van der Waals surface area contributed by atoms with E-state index in [4.69, 9.17) is 10.5 Å². The molecule has 0 spiro atoms. The molecule has 1 aromatic carbocycles. The molecule has 0 atom stereocenters. The van der Waals surface area contributed by atoms with Gasteiger partial charge in [0.05, 0.1) is 17.7 Å². The average Bonchev–Trinajstić information content (AvgIpc) is 2.48. The number of anilines is 1. The van der Waals surface area contributed by atoms with Gasteiger partial charge in [0.15, 0.2) is 0 Å². The highest BCUT2D eigenvalue weighted by Crippen LogP contribution is 2.29. The first-order valence-electron chi connectivity index (χ1n) is 7.42. The van der Waals surface area contributed by atoms with Crippen LogP contribution in [0.15, 0.2) is 23.1 Å². The number of ether oxygens (including phenoxy) is 1. The molecule has 1 heterocycles. The fraction of sp³-hybridized carbons (Fsp3) is 0.600. The van der Waals surface area contributed by atoms with E-state index >= 15 is 0 Å². The topological polar surface area (TPSA) is 72.6 Å². The summed E-state index contributed by atoms with van der Waals surface area (Å²) in [6, 6.07) is 4.63. The Labute approximate surface area is 127 Å². The molecule has 1 aliphatic heterocycles. The summed E-state index contributed by atoms with van der Waals surface area (Å²) in [6.07, 6.45) is 4.23. The zero-order valence-electron chi connectivity index (χ0n) is 12.7. The Hall–Kier alpha value is -1.27. The Morgan fingerprint density at radius 1 is 1.33 bits per heavy atom. The van der Waals surface area contributed by atoms with Gasteiger partial charge in [-0.15, -0.1) is 0 Å². The lowest BCUT2D eigenvalue weighted by Crippen LogP contribution is -2.38. The van der Waals surface area contributed by atoms with Gasteiger partial charge < -0.3 is 10.5 Å². The van der Waals surface area contributed by atoms with Crippen LogP contribution in [0.25, 0.3) is 0 Å². The summed E-state index contributed by atoms with van der Waals surface area (Å²) in [7, 11) is -1.97. The van der Waals surface area contributed by atoms with Crippen LogP contribution >= 0.6 is 0 Å². The molecule has 1 aliphatic rings. The van der Waals surface area contributed by atoms with Crippen molar-refractivity contribution < 1.29 is 13.2 Å². The van der Waals surface area contributed by atoms with Crippen molar-refractivity contribution in [3.63, 3.8) is 0 Å². The SMILES string of the molecule is CCCC1CCN(S(=O)(=O)c2ccc(N)c(OC)c2)CC1. The normalized spacial score (nSPS) is 17.8. The van der Waals surface area contributed by atoms with Crippen LogP contribution in [0.1, 0.15) is 32.6 Å². The number of nitrogens with two attached hydrogens (primary N) is 1. The number of hydrogen-bond acceptors (Lipinski definition) is 4. The molecule has 0 saturated carbocycles. The number of benzene rings is 1. The standard InChI is InChI=1S/C15H24N2O3S/c1-3-4-12-7-9-17(10-8-12)21(18,19)13-5-6-14(16)15(11-13)20-2/h5-6,11-12H,3-4,7-10,16H2,1-2H3. The van der Waals surface area contributed by atoms with Crippen molar-refractivity contribution >= 4 is 15.7 Å². The van der Waals surface area contributed by atoms with Crippen molar-refractivity contribution in [2.24, 2.45) is 5.92 Å². The van der Waals surface area contributed by atoms with E-state index in [0.717, 1.165) is 19.3 Å². The van der Waals surface area contributed by atoms with Gasteiger partial charge in [0, 0.05) is 19.2 Å². The number of nitrogens with zero attached hydrogens (tertiary/aromatic N) is 1. The zero-order valence-corrected chi connectivity index (χ0v) is 13.5. The van der Waals surface area contributed by atoms with Crippen molar-refractivity contribution in [1.29, 1.82) is 0 Å². The molecule has 21 heavy (non-hydrogen) atoms. The highest BCUT2D eigenvalue weighted by atomic mass is 32.2. The van der Waals surface area contributed by atoms with Crippen molar-refractivity contribution in [1.82, 2.24) is 4.31 Å². The average molecular weight is 312 g/mol. The molecule has 5 nitrogen and oxygen atoms in total. The van der Waals surface area contributed by atoms with Crippen LogP contribution in [0.2, 0.25) is 0 Å². The number of hydrogen-bond donors (Lipinski definition) is 1. The fourth-order valence-corrected chi connectivity index (χ4v) is 4.33. The summed E-state index contributed by atoms with van der Waals surface area (Å²) in [4.78, 5) is 0.252. The predicted octanol–water partition coefficient (Wildman–Crippen LogP) is 2.48. The number of nitrogen functional groups attached to an aromatic ring is 1. The van der Waals surface area contributed by atoms with E-state index in [1.54, 1.807) is 16.4 Å². The van der Waals surface area contributed by atoms with E-state index in [1.807, 2.05) is 0 Å². The number of sulfonamides is 1. The van der Waals surface area contributed by atoms with Crippen LogP contribution in [0.5, 0.6) is 5.75 Å². The minimum absolute atomic E-state index is 0.252. The van der Waals surface area contributed by atoms with Crippen LogP contribution < -0.4 is 10.5 Å². The molecule has 118 valence electrons. The van der Waals surface area contributed by atoms with Crippen LogP contribution in [-0.4, -0.2) is 32.9 Å². The summed E-state index contributed by atoms with van der Waals surface area (Å²) in [5.41, 5.74) is 6.18. The molecule has 1 aromatic rings. The van der Waals surface area contributed by atoms with Gasteiger partial charge in [0.25, 0.3) is 0 Å². The summed E-state index contributed by atoms with van der Waals surface area (Å²) in [6.45, 7) is 3.36. The van der Waals surface area contributed by atoms with Gasteiger partial charge in [0.2, 0.25) is 10.0 Å². The Balaban J connectivity index is 2.15. The second-order valence-corrected chi connectivity index (χ2v) is 7.48. The maximum Gasteiger partial charge on any atom is 0.243 e. The van der Waals surface area contributed by atoms with Crippen molar-refractivity contribution in [2.75, 3.05) is 25.9 Å². The van der Waals surface area contributed by atoms with Gasteiger partial charge in [-0.2, -0.15) is 4.31 Å². The quantitative estimate of drug-likeness (QED) is 0.848. The lowest BCUT2D eigenvalue weighted by molar-refractivity contribution is 0.262. The van der Waals surface area contributed by atoms with Crippen LogP contribution in [-0.2, 0) is 10.0 Å². The van der Waals surface area contributed by atoms with E-state index in [2.05, 4.69) is 6.92 Å². The number of methoxy groups -OCH3 is 1. The molecule has 1 saturated heterocycles. The Morgan fingerprint density at radius 2 is 2.00 bits per heavy atom. The van der Waals surface area contributed by atoms with Gasteiger partial charge >= 0.3 is 0 Å². The predicted molar refractivity (Wildman–Crippen MR) is 83.8 cm³/mol. The van der Waals surface area contributed by atoms with E-state index in [0.29, 0.717) is 30.4 Å². The van der Waals surface area contributed by atoms with Crippen LogP contribution in [0.3, 0.4) is 0 Å².